The van der Waals surface area contributed by atoms with Gasteiger partial charge in [0.1, 0.15) is 11.2 Å². The number of hydrogen-bond donors (Lipinski definition) is 1. The van der Waals surface area contributed by atoms with Crippen LogP contribution in [0.4, 0.5) is 5.69 Å². The van der Waals surface area contributed by atoms with E-state index in [0.717, 1.165) is 34.3 Å². The average molecular weight is 450 g/mol. The lowest BCUT2D eigenvalue weighted by Crippen LogP contribution is -2.66. The average Bonchev–Trinajstić information content (AvgIpc) is 3.35. The minimum Gasteiger partial charge on any atom is -0.351 e. The first-order valence-electron chi connectivity index (χ1n) is 11.6. The van der Waals surface area contributed by atoms with Crippen molar-refractivity contribution in [3.63, 3.8) is 0 Å². The van der Waals surface area contributed by atoms with Crippen molar-refractivity contribution in [3.05, 3.63) is 53.0 Å². The van der Waals surface area contributed by atoms with Crippen LogP contribution < -0.4 is 10.2 Å². The number of benzene rings is 1. The van der Waals surface area contributed by atoms with Crippen LogP contribution in [0.15, 0.2) is 41.8 Å². The normalized spacial score (nSPS) is 28.1. The van der Waals surface area contributed by atoms with Crippen molar-refractivity contribution in [1.29, 1.82) is 0 Å². The SMILES string of the molecule is Cc1ccccc1N1C(=O)c2cc3sccc3n2C[C@]1(C)C(=O)N[C@@H]1CCC[C@H](C)[C@H]1C. The molecule has 5 nitrogen and oxygen atoms in total. The molecule has 6 heteroatoms. The van der Waals surface area contributed by atoms with E-state index in [2.05, 4.69) is 19.2 Å². The fraction of sp³-hybridized carbons (Fsp3) is 0.462. The molecule has 1 fully saturated rings. The summed E-state index contributed by atoms with van der Waals surface area (Å²) < 4.78 is 3.12. The predicted molar refractivity (Wildman–Crippen MR) is 130 cm³/mol. The Balaban J connectivity index is 1.60. The highest BCUT2D eigenvalue weighted by Crippen LogP contribution is 2.39. The number of carbonyl (C=O) groups is 2. The van der Waals surface area contributed by atoms with Gasteiger partial charge in [-0.1, -0.05) is 44.9 Å². The second-order valence-electron chi connectivity index (χ2n) is 9.83. The number of carbonyl (C=O) groups excluding carboxylic acids is 2. The number of nitrogens with zero attached hydrogens (tertiary/aromatic N) is 2. The molecule has 3 aromatic rings. The third kappa shape index (κ3) is 3.19. The van der Waals surface area contributed by atoms with Crippen molar-refractivity contribution in [2.75, 3.05) is 4.90 Å². The van der Waals surface area contributed by atoms with Gasteiger partial charge in [-0.15, -0.1) is 11.3 Å². The maximum atomic E-state index is 14.0. The number of nitrogens with one attached hydrogen (secondary N) is 1. The summed E-state index contributed by atoms with van der Waals surface area (Å²) in [6, 6.07) is 12.0. The van der Waals surface area contributed by atoms with Gasteiger partial charge >= 0.3 is 0 Å². The fourth-order valence-corrected chi connectivity index (χ4v) is 6.34. The molecule has 2 amide bonds. The summed E-state index contributed by atoms with van der Waals surface area (Å²) in [5.41, 5.74) is 2.45. The lowest BCUT2D eigenvalue weighted by molar-refractivity contribution is -0.128. The molecule has 1 aromatic carbocycles. The summed E-state index contributed by atoms with van der Waals surface area (Å²) >= 11 is 1.63. The number of anilines is 1. The Hall–Kier alpha value is -2.60. The van der Waals surface area contributed by atoms with E-state index < -0.39 is 5.54 Å². The zero-order chi connectivity index (χ0) is 22.6. The molecule has 0 spiro atoms. The van der Waals surface area contributed by atoms with Gasteiger partial charge in [0, 0.05) is 11.7 Å². The first-order valence-corrected chi connectivity index (χ1v) is 12.5. The van der Waals surface area contributed by atoms with Crippen molar-refractivity contribution < 1.29 is 9.59 Å². The highest BCUT2D eigenvalue weighted by molar-refractivity contribution is 7.17. The molecular weight excluding hydrogens is 418 g/mol. The largest absolute Gasteiger partial charge is 0.351 e. The summed E-state index contributed by atoms with van der Waals surface area (Å²) in [6.07, 6.45) is 3.33. The Morgan fingerprint density at radius 1 is 1.19 bits per heavy atom. The Morgan fingerprint density at radius 2 is 1.97 bits per heavy atom. The molecule has 1 N–H and O–H groups in total. The Labute approximate surface area is 193 Å². The van der Waals surface area contributed by atoms with E-state index in [1.165, 1.54) is 6.42 Å². The highest BCUT2D eigenvalue weighted by atomic mass is 32.1. The summed E-state index contributed by atoms with van der Waals surface area (Å²) in [7, 11) is 0. The molecule has 4 atom stereocenters. The van der Waals surface area contributed by atoms with E-state index in [4.69, 9.17) is 0 Å². The molecule has 2 aromatic heterocycles. The number of amides is 2. The van der Waals surface area contributed by atoms with E-state index in [9.17, 15) is 9.59 Å². The molecule has 0 saturated heterocycles. The third-order valence-electron chi connectivity index (χ3n) is 7.77. The molecule has 1 aliphatic heterocycles. The molecule has 2 aliphatic rings. The zero-order valence-corrected chi connectivity index (χ0v) is 20.0. The van der Waals surface area contributed by atoms with Gasteiger partial charge in [-0.2, -0.15) is 0 Å². The maximum absolute atomic E-state index is 14.0. The summed E-state index contributed by atoms with van der Waals surface area (Å²) in [4.78, 5) is 29.6. The van der Waals surface area contributed by atoms with Crippen LogP contribution in [-0.2, 0) is 11.3 Å². The Kier molecular flexibility index (Phi) is 5.16. The minimum absolute atomic E-state index is 0.0669. The van der Waals surface area contributed by atoms with Crippen molar-refractivity contribution in [2.45, 2.75) is 65.1 Å². The Bertz CT molecular complexity index is 1190. The van der Waals surface area contributed by atoms with E-state index >= 15 is 0 Å². The number of rotatable bonds is 3. The van der Waals surface area contributed by atoms with Crippen molar-refractivity contribution in [1.82, 2.24) is 9.88 Å². The molecule has 1 saturated carbocycles. The molecule has 1 aliphatic carbocycles. The number of para-hydroxylation sites is 1. The van der Waals surface area contributed by atoms with Gasteiger partial charge in [-0.3, -0.25) is 14.5 Å². The van der Waals surface area contributed by atoms with Gasteiger partial charge in [0.2, 0.25) is 5.91 Å². The summed E-state index contributed by atoms with van der Waals surface area (Å²) in [5, 5.41) is 5.41. The number of fused-ring (bicyclic) bond motifs is 3. The predicted octanol–water partition coefficient (Wildman–Crippen LogP) is 5.37. The number of hydrogen-bond acceptors (Lipinski definition) is 3. The van der Waals surface area contributed by atoms with Crippen LogP contribution in [0.2, 0.25) is 0 Å². The molecule has 168 valence electrons. The van der Waals surface area contributed by atoms with Gasteiger partial charge in [0.15, 0.2) is 0 Å². The smallest absolute Gasteiger partial charge is 0.275 e. The molecule has 0 unspecified atom stereocenters. The van der Waals surface area contributed by atoms with Crippen LogP contribution in [0.1, 0.15) is 56.1 Å². The summed E-state index contributed by atoms with van der Waals surface area (Å²) in [5.74, 6) is 0.830. The van der Waals surface area contributed by atoms with Crippen LogP contribution in [0.3, 0.4) is 0 Å². The van der Waals surface area contributed by atoms with Crippen LogP contribution in [-0.4, -0.2) is 28.0 Å². The number of aromatic nitrogens is 1. The van der Waals surface area contributed by atoms with Gasteiger partial charge < -0.3 is 9.88 Å². The third-order valence-corrected chi connectivity index (χ3v) is 8.63. The highest BCUT2D eigenvalue weighted by Gasteiger charge is 2.49. The van der Waals surface area contributed by atoms with Gasteiger partial charge in [0.05, 0.1) is 16.8 Å². The summed E-state index contributed by atoms with van der Waals surface area (Å²) in [6.45, 7) is 8.86. The fourth-order valence-electron chi connectivity index (χ4n) is 5.51. The first kappa shape index (κ1) is 21.3. The molecular formula is C26H31N3O2S. The van der Waals surface area contributed by atoms with Gasteiger partial charge in [-0.25, -0.2) is 0 Å². The molecule has 0 radical (unpaired) electrons. The number of aryl methyl sites for hydroxylation is 1. The van der Waals surface area contributed by atoms with Crippen molar-refractivity contribution in [2.24, 2.45) is 11.8 Å². The van der Waals surface area contributed by atoms with E-state index in [1.54, 1.807) is 16.2 Å². The maximum Gasteiger partial charge on any atom is 0.275 e. The monoisotopic (exact) mass is 449 g/mol. The van der Waals surface area contributed by atoms with Gasteiger partial charge in [-0.05, 0) is 61.2 Å². The topological polar surface area (TPSA) is 54.3 Å². The van der Waals surface area contributed by atoms with Crippen LogP contribution in [0.5, 0.6) is 0 Å². The van der Waals surface area contributed by atoms with Crippen LogP contribution >= 0.6 is 11.3 Å². The first-order chi connectivity index (χ1) is 15.3. The minimum atomic E-state index is -1.02. The molecule has 0 bridgehead atoms. The lowest BCUT2D eigenvalue weighted by Gasteiger charge is -2.46. The van der Waals surface area contributed by atoms with E-state index in [-0.39, 0.29) is 17.9 Å². The van der Waals surface area contributed by atoms with Crippen molar-refractivity contribution in [3.8, 4) is 0 Å². The second kappa shape index (κ2) is 7.77. The van der Waals surface area contributed by atoms with E-state index in [1.807, 2.05) is 60.2 Å². The number of thiophene rings is 1. The second-order valence-corrected chi connectivity index (χ2v) is 10.8. The van der Waals surface area contributed by atoms with Crippen LogP contribution in [0, 0.1) is 18.8 Å². The van der Waals surface area contributed by atoms with Crippen LogP contribution in [0.25, 0.3) is 10.2 Å². The quantitative estimate of drug-likeness (QED) is 0.584. The van der Waals surface area contributed by atoms with Gasteiger partial charge in [0.25, 0.3) is 5.91 Å². The standard InChI is InChI=1S/C26H31N3O2S/c1-16-9-7-10-19(18(16)3)27-25(31)26(4)15-28-21-12-13-32-23(21)14-22(28)24(30)29(26)20-11-6-5-8-17(20)2/h5-6,8,11-14,16,18-19H,7,9-10,15H2,1-4H3,(H,27,31)/t16-,18+,19+,26+/m0/s1. The van der Waals surface area contributed by atoms with Crippen molar-refractivity contribution >= 4 is 39.1 Å². The Morgan fingerprint density at radius 3 is 2.75 bits per heavy atom. The zero-order valence-electron chi connectivity index (χ0n) is 19.2. The molecule has 5 rings (SSSR count). The molecule has 32 heavy (non-hydrogen) atoms. The lowest BCUT2D eigenvalue weighted by atomic mass is 9.77. The molecule has 3 heterocycles. The van der Waals surface area contributed by atoms with E-state index in [0.29, 0.717) is 24.1 Å².